The number of amides is 1. The van der Waals surface area contributed by atoms with Crippen LogP contribution in [-0.4, -0.2) is 15.7 Å². The minimum absolute atomic E-state index is 0.209. The van der Waals surface area contributed by atoms with Crippen molar-refractivity contribution in [3.8, 4) is 0 Å². The van der Waals surface area contributed by atoms with Gasteiger partial charge in [-0.2, -0.15) is 5.10 Å². The Morgan fingerprint density at radius 1 is 1.47 bits per heavy atom. The Kier molecular flexibility index (Phi) is 3.33. The molecule has 1 heterocycles. The van der Waals surface area contributed by atoms with E-state index in [2.05, 4.69) is 10.4 Å². The number of fused-ring (bicyclic) bond motifs is 2. The van der Waals surface area contributed by atoms with E-state index < -0.39 is 0 Å². The van der Waals surface area contributed by atoms with Crippen molar-refractivity contribution in [2.75, 3.05) is 0 Å². The summed E-state index contributed by atoms with van der Waals surface area (Å²) in [7, 11) is 1.91. The second-order valence-electron chi connectivity index (χ2n) is 6.33. The van der Waals surface area contributed by atoms with Gasteiger partial charge in [0.05, 0.1) is 5.69 Å². The maximum Gasteiger partial charge on any atom is 0.220 e. The lowest BCUT2D eigenvalue weighted by molar-refractivity contribution is -0.122. The Hall–Kier alpha value is -1.32. The summed E-state index contributed by atoms with van der Waals surface area (Å²) in [5, 5.41) is 7.34. The van der Waals surface area contributed by atoms with E-state index in [0.717, 1.165) is 29.5 Å². The highest BCUT2D eigenvalue weighted by Crippen LogP contribution is 2.49. The Balaban J connectivity index is 1.48. The average Bonchev–Trinajstić information content (AvgIpc) is 3.02. The van der Waals surface area contributed by atoms with Gasteiger partial charge in [-0.1, -0.05) is 6.42 Å². The highest BCUT2D eigenvalue weighted by atomic mass is 16.1. The molecular weight excluding hydrogens is 238 g/mol. The minimum Gasteiger partial charge on any atom is -0.352 e. The molecule has 4 heteroatoms. The molecule has 2 bridgehead atoms. The monoisotopic (exact) mass is 261 g/mol. The number of hydrogen-bond donors (Lipinski definition) is 1. The van der Waals surface area contributed by atoms with E-state index in [1.807, 2.05) is 20.2 Å². The SMILES string of the molecule is Cc1nn(C)cc1CNC(=O)CC1CC2CCC1C2. The maximum absolute atomic E-state index is 12.0. The zero-order valence-corrected chi connectivity index (χ0v) is 11.9. The standard InChI is InChI=1S/C15H23N3O/c1-10-14(9-18(2)17-10)8-16-15(19)7-13-6-11-3-4-12(13)5-11/h9,11-13H,3-8H2,1-2H3,(H,16,19). The molecule has 2 aliphatic rings. The zero-order chi connectivity index (χ0) is 13.4. The first-order chi connectivity index (χ1) is 9.11. The smallest absolute Gasteiger partial charge is 0.220 e. The summed E-state index contributed by atoms with van der Waals surface area (Å²) >= 11 is 0. The van der Waals surface area contributed by atoms with Crippen molar-refractivity contribution in [3.63, 3.8) is 0 Å². The van der Waals surface area contributed by atoms with Crippen molar-refractivity contribution in [1.82, 2.24) is 15.1 Å². The lowest BCUT2D eigenvalue weighted by Gasteiger charge is -2.20. The molecule has 1 aromatic rings. The number of aromatic nitrogens is 2. The first kappa shape index (κ1) is 12.7. The van der Waals surface area contributed by atoms with Crippen molar-refractivity contribution in [3.05, 3.63) is 17.5 Å². The van der Waals surface area contributed by atoms with E-state index in [0.29, 0.717) is 12.5 Å². The first-order valence-corrected chi connectivity index (χ1v) is 7.37. The Morgan fingerprint density at radius 3 is 2.89 bits per heavy atom. The third-order valence-electron chi connectivity index (χ3n) is 4.92. The van der Waals surface area contributed by atoms with E-state index in [1.165, 1.54) is 25.7 Å². The van der Waals surface area contributed by atoms with Crippen LogP contribution in [0.25, 0.3) is 0 Å². The molecule has 104 valence electrons. The predicted molar refractivity (Wildman–Crippen MR) is 73.3 cm³/mol. The van der Waals surface area contributed by atoms with Gasteiger partial charge in [-0.15, -0.1) is 0 Å². The van der Waals surface area contributed by atoms with Crippen LogP contribution in [0.3, 0.4) is 0 Å². The maximum atomic E-state index is 12.0. The van der Waals surface area contributed by atoms with Crippen LogP contribution in [0.5, 0.6) is 0 Å². The van der Waals surface area contributed by atoms with E-state index in [1.54, 1.807) is 4.68 Å². The highest BCUT2D eigenvalue weighted by Gasteiger charge is 2.39. The van der Waals surface area contributed by atoms with Crippen LogP contribution in [0, 0.1) is 24.7 Å². The van der Waals surface area contributed by atoms with Gasteiger partial charge in [0.2, 0.25) is 5.91 Å². The van der Waals surface area contributed by atoms with E-state index >= 15 is 0 Å². The van der Waals surface area contributed by atoms with Crippen molar-refractivity contribution < 1.29 is 4.79 Å². The second kappa shape index (κ2) is 4.99. The van der Waals surface area contributed by atoms with Gasteiger partial charge in [-0.25, -0.2) is 0 Å². The predicted octanol–water partition coefficient (Wildman–Crippen LogP) is 2.17. The summed E-state index contributed by atoms with van der Waals surface area (Å²) in [5.74, 6) is 2.61. The van der Waals surface area contributed by atoms with E-state index in [-0.39, 0.29) is 5.91 Å². The van der Waals surface area contributed by atoms with Crippen molar-refractivity contribution >= 4 is 5.91 Å². The molecule has 2 aliphatic carbocycles. The number of hydrogen-bond acceptors (Lipinski definition) is 2. The number of carbonyl (C=O) groups excluding carboxylic acids is 1. The van der Waals surface area contributed by atoms with Gasteiger partial charge in [-0.3, -0.25) is 9.48 Å². The minimum atomic E-state index is 0.209. The molecule has 1 amide bonds. The third-order valence-corrected chi connectivity index (χ3v) is 4.92. The summed E-state index contributed by atoms with van der Waals surface area (Å²) in [6.07, 6.45) is 8.11. The Morgan fingerprint density at radius 2 is 2.32 bits per heavy atom. The van der Waals surface area contributed by atoms with Crippen LogP contribution in [0.1, 0.15) is 43.4 Å². The van der Waals surface area contributed by atoms with Crippen LogP contribution < -0.4 is 5.32 Å². The molecule has 0 aliphatic heterocycles. The Bertz CT molecular complexity index is 480. The van der Waals surface area contributed by atoms with Crippen LogP contribution in [-0.2, 0) is 18.4 Å². The second-order valence-corrected chi connectivity index (χ2v) is 6.33. The lowest BCUT2D eigenvalue weighted by atomic mass is 9.86. The number of nitrogens with zero attached hydrogens (tertiary/aromatic N) is 2. The van der Waals surface area contributed by atoms with E-state index in [9.17, 15) is 4.79 Å². The molecule has 3 atom stereocenters. The molecule has 0 spiro atoms. The third kappa shape index (κ3) is 2.67. The summed E-state index contributed by atoms with van der Waals surface area (Å²) in [6, 6.07) is 0. The van der Waals surface area contributed by atoms with Crippen LogP contribution >= 0.6 is 0 Å². The van der Waals surface area contributed by atoms with Crippen LogP contribution in [0.2, 0.25) is 0 Å². The van der Waals surface area contributed by atoms with Crippen LogP contribution in [0.15, 0.2) is 6.20 Å². The normalized spacial score (nSPS) is 28.8. The largest absolute Gasteiger partial charge is 0.352 e. The molecule has 0 saturated heterocycles. The molecule has 1 aromatic heterocycles. The summed E-state index contributed by atoms with van der Waals surface area (Å²) < 4.78 is 1.80. The fraction of sp³-hybridized carbons (Fsp3) is 0.733. The molecule has 3 rings (SSSR count). The highest BCUT2D eigenvalue weighted by molar-refractivity contribution is 5.76. The van der Waals surface area contributed by atoms with E-state index in [4.69, 9.17) is 0 Å². The fourth-order valence-electron chi connectivity index (χ4n) is 3.95. The van der Waals surface area contributed by atoms with Gasteiger partial charge in [-0.05, 0) is 43.9 Å². The van der Waals surface area contributed by atoms with Crippen molar-refractivity contribution in [2.24, 2.45) is 24.8 Å². The molecule has 2 fully saturated rings. The zero-order valence-electron chi connectivity index (χ0n) is 11.9. The van der Waals surface area contributed by atoms with Crippen molar-refractivity contribution in [1.29, 1.82) is 0 Å². The number of aryl methyl sites for hydroxylation is 2. The fourth-order valence-corrected chi connectivity index (χ4v) is 3.95. The number of carbonyl (C=O) groups is 1. The molecule has 3 unspecified atom stereocenters. The molecule has 4 nitrogen and oxygen atoms in total. The first-order valence-electron chi connectivity index (χ1n) is 7.37. The number of rotatable bonds is 4. The van der Waals surface area contributed by atoms with Gasteiger partial charge in [0.25, 0.3) is 0 Å². The van der Waals surface area contributed by atoms with Gasteiger partial charge in [0, 0.05) is 31.8 Å². The number of nitrogens with one attached hydrogen (secondary N) is 1. The molecule has 1 N–H and O–H groups in total. The average molecular weight is 261 g/mol. The van der Waals surface area contributed by atoms with Gasteiger partial charge >= 0.3 is 0 Å². The lowest BCUT2D eigenvalue weighted by Crippen LogP contribution is -2.27. The summed E-state index contributed by atoms with van der Waals surface area (Å²) in [6.45, 7) is 2.59. The molecular formula is C15H23N3O. The molecule has 19 heavy (non-hydrogen) atoms. The molecule has 0 radical (unpaired) electrons. The Labute approximate surface area is 114 Å². The van der Waals surface area contributed by atoms with Crippen molar-refractivity contribution in [2.45, 2.75) is 45.6 Å². The summed E-state index contributed by atoms with van der Waals surface area (Å²) in [4.78, 5) is 12.0. The van der Waals surface area contributed by atoms with Gasteiger partial charge in [0.15, 0.2) is 0 Å². The van der Waals surface area contributed by atoms with Gasteiger partial charge in [0.1, 0.15) is 0 Å². The molecule has 0 aromatic carbocycles. The summed E-state index contributed by atoms with van der Waals surface area (Å²) in [5.41, 5.74) is 2.12. The topological polar surface area (TPSA) is 46.9 Å². The quantitative estimate of drug-likeness (QED) is 0.903. The van der Waals surface area contributed by atoms with Crippen LogP contribution in [0.4, 0.5) is 0 Å². The molecule has 2 saturated carbocycles. The van der Waals surface area contributed by atoms with Gasteiger partial charge < -0.3 is 5.32 Å².